The maximum atomic E-state index is 13.0. The van der Waals surface area contributed by atoms with Gasteiger partial charge in [0, 0.05) is 30.4 Å². The lowest BCUT2D eigenvalue weighted by Gasteiger charge is -2.20. The number of hydrogen-bond donors (Lipinski definition) is 0. The SMILES string of the molecule is Cc1ncnc(C(=O)N2CCCn3c(nnc3CN(C)C(C)C)C2)c1C. The molecule has 0 unspecified atom stereocenters. The third kappa shape index (κ3) is 3.60. The van der Waals surface area contributed by atoms with Gasteiger partial charge >= 0.3 is 0 Å². The highest BCUT2D eigenvalue weighted by atomic mass is 16.2. The van der Waals surface area contributed by atoms with E-state index in [0.717, 1.165) is 42.4 Å². The van der Waals surface area contributed by atoms with Crippen molar-refractivity contribution in [1.82, 2.24) is 34.5 Å². The van der Waals surface area contributed by atoms with Crippen LogP contribution in [0.3, 0.4) is 0 Å². The Labute approximate surface area is 154 Å². The molecule has 0 atom stereocenters. The molecule has 3 rings (SSSR count). The first kappa shape index (κ1) is 18.4. The average Bonchev–Trinajstić information content (AvgIpc) is 2.85. The van der Waals surface area contributed by atoms with Gasteiger partial charge in [-0.15, -0.1) is 10.2 Å². The van der Waals surface area contributed by atoms with E-state index in [1.165, 1.54) is 6.33 Å². The van der Waals surface area contributed by atoms with Crippen LogP contribution in [0.2, 0.25) is 0 Å². The highest BCUT2D eigenvalue weighted by Gasteiger charge is 2.26. The summed E-state index contributed by atoms with van der Waals surface area (Å²) < 4.78 is 2.16. The summed E-state index contributed by atoms with van der Waals surface area (Å²) in [6, 6.07) is 0.441. The zero-order valence-corrected chi connectivity index (χ0v) is 16.2. The Morgan fingerprint density at radius 3 is 2.73 bits per heavy atom. The van der Waals surface area contributed by atoms with Crippen LogP contribution in [0.15, 0.2) is 6.33 Å². The van der Waals surface area contributed by atoms with Gasteiger partial charge in [-0.05, 0) is 41.2 Å². The molecular formula is C18H27N7O. The van der Waals surface area contributed by atoms with E-state index >= 15 is 0 Å². The molecule has 0 saturated carbocycles. The molecule has 8 nitrogen and oxygen atoms in total. The number of rotatable bonds is 4. The lowest BCUT2D eigenvalue weighted by Crippen LogP contribution is -2.32. The first-order chi connectivity index (χ1) is 12.4. The van der Waals surface area contributed by atoms with E-state index < -0.39 is 0 Å². The van der Waals surface area contributed by atoms with Crippen LogP contribution in [0.1, 0.15) is 53.7 Å². The standard InChI is InChI=1S/C18H27N7O/c1-12(2)23(5)9-15-21-22-16-10-24(7-6-8-25(15)16)18(26)17-13(3)14(4)19-11-20-17/h11-12H,6-10H2,1-5H3. The average molecular weight is 357 g/mol. The fraction of sp³-hybridized carbons (Fsp3) is 0.611. The third-order valence-corrected chi connectivity index (χ3v) is 5.14. The van der Waals surface area contributed by atoms with Gasteiger partial charge in [0.15, 0.2) is 5.82 Å². The van der Waals surface area contributed by atoms with E-state index in [-0.39, 0.29) is 5.91 Å². The van der Waals surface area contributed by atoms with E-state index in [1.807, 2.05) is 18.7 Å². The van der Waals surface area contributed by atoms with Crippen LogP contribution in [0.5, 0.6) is 0 Å². The van der Waals surface area contributed by atoms with Crippen LogP contribution < -0.4 is 0 Å². The van der Waals surface area contributed by atoms with Gasteiger partial charge in [-0.1, -0.05) is 0 Å². The van der Waals surface area contributed by atoms with Crippen molar-refractivity contribution in [2.24, 2.45) is 0 Å². The molecule has 0 fully saturated rings. The Morgan fingerprint density at radius 1 is 1.23 bits per heavy atom. The summed E-state index contributed by atoms with van der Waals surface area (Å²) in [5.41, 5.74) is 2.15. The molecule has 0 radical (unpaired) electrons. The van der Waals surface area contributed by atoms with E-state index in [9.17, 15) is 4.79 Å². The molecule has 0 bridgehead atoms. The predicted octanol–water partition coefficient (Wildman–Crippen LogP) is 1.57. The van der Waals surface area contributed by atoms with Crippen LogP contribution in [0, 0.1) is 13.8 Å². The van der Waals surface area contributed by atoms with Gasteiger partial charge < -0.3 is 9.47 Å². The number of carbonyl (C=O) groups is 1. The molecule has 8 heteroatoms. The highest BCUT2D eigenvalue weighted by Crippen LogP contribution is 2.18. The molecule has 0 saturated heterocycles. The molecule has 26 heavy (non-hydrogen) atoms. The molecule has 2 aromatic rings. The topological polar surface area (TPSA) is 80.0 Å². The molecular weight excluding hydrogens is 330 g/mol. The van der Waals surface area contributed by atoms with Crippen molar-refractivity contribution < 1.29 is 4.79 Å². The minimum Gasteiger partial charge on any atom is -0.330 e. The van der Waals surface area contributed by atoms with E-state index in [4.69, 9.17) is 0 Å². The molecule has 3 heterocycles. The summed E-state index contributed by atoms with van der Waals surface area (Å²) >= 11 is 0. The lowest BCUT2D eigenvalue weighted by atomic mass is 10.1. The minimum absolute atomic E-state index is 0.0645. The van der Waals surface area contributed by atoms with Gasteiger partial charge in [-0.25, -0.2) is 9.97 Å². The smallest absolute Gasteiger partial charge is 0.273 e. The summed E-state index contributed by atoms with van der Waals surface area (Å²) in [5, 5.41) is 8.72. The molecule has 0 spiro atoms. The Kier molecular flexibility index (Phi) is 5.31. The van der Waals surface area contributed by atoms with E-state index in [2.05, 4.69) is 50.5 Å². The summed E-state index contributed by atoms with van der Waals surface area (Å²) in [6.07, 6.45) is 2.33. The van der Waals surface area contributed by atoms with Crippen LogP contribution >= 0.6 is 0 Å². The molecule has 0 aliphatic carbocycles. The van der Waals surface area contributed by atoms with Crippen molar-refractivity contribution in [3.63, 3.8) is 0 Å². The first-order valence-corrected chi connectivity index (χ1v) is 9.07. The summed E-state index contributed by atoms with van der Waals surface area (Å²) in [7, 11) is 2.08. The molecule has 140 valence electrons. The molecule has 0 N–H and O–H groups in total. The van der Waals surface area contributed by atoms with Crippen molar-refractivity contribution in [2.75, 3.05) is 13.6 Å². The number of hydrogen-bond acceptors (Lipinski definition) is 6. The molecule has 2 aromatic heterocycles. The summed E-state index contributed by atoms with van der Waals surface area (Å²) in [5.74, 6) is 1.73. The lowest BCUT2D eigenvalue weighted by molar-refractivity contribution is 0.0736. The minimum atomic E-state index is -0.0645. The normalized spacial score (nSPS) is 14.7. The number of fused-ring (bicyclic) bond motifs is 1. The predicted molar refractivity (Wildman–Crippen MR) is 97.5 cm³/mol. The number of aromatic nitrogens is 5. The van der Waals surface area contributed by atoms with E-state index in [1.54, 1.807) is 0 Å². The Balaban J connectivity index is 1.81. The van der Waals surface area contributed by atoms with Gasteiger partial charge in [-0.2, -0.15) is 0 Å². The Bertz CT molecular complexity index is 799. The zero-order valence-electron chi connectivity index (χ0n) is 16.2. The maximum absolute atomic E-state index is 13.0. The van der Waals surface area contributed by atoms with Crippen LogP contribution in [0.4, 0.5) is 0 Å². The van der Waals surface area contributed by atoms with Crippen LogP contribution in [0.25, 0.3) is 0 Å². The van der Waals surface area contributed by atoms with E-state index in [0.29, 0.717) is 24.8 Å². The molecule has 1 aliphatic heterocycles. The zero-order chi connectivity index (χ0) is 18.8. The number of amides is 1. The van der Waals surface area contributed by atoms with Crippen molar-refractivity contribution in [1.29, 1.82) is 0 Å². The largest absolute Gasteiger partial charge is 0.330 e. The van der Waals surface area contributed by atoms with Crippen molar-refractivity contribution >= 4 is 5.91 Å². The maximum Gasteiger partial charge on any atom is 0.273 e. The monoisotopic (exact) mass is 357 g/mol. The second kappa shape index (κ2) is 7.49. The third-order valence-electron chi connectivity index (χ3n) is 5.14. The Hall–Kier alpha value is -2.35. The highest BCUT2D eigenvalue weighted by molar-refractivity contribution is 5.93. The first-order valence-electron chi connectivity index (χ1n) is 9.07. The number of aryl methyl sites for hydroxylation is 1. The Morgan fingerprint density at radius 2 is 2.00 bits per heavy atom. The van der Waals surface area contributed by atoms with Crippen molar-refractivity contribution in [3.05, 3.63) is 34.9 Å². The molecule has 1 amide bonds. The van der Waals surface area contributed by atoms with Gasteiger partial charge in [0.2, 0.25) is 0 Å². The molecule has 1 aliphatic rings. The van der Waals surface area contributed by atoms with Gasteiger partial charge in [-0.3, -0.25) is 9.69 Å². The van der Waals surface area contributed by atoms with Crippen molar-refractivity contribution in [3.8, 4) is 0 Å². The van der Waals surface area contributed by atoms with Crippen LogP contribution in [-0.4, -0.2) is 60.1 Å². The second-order valence-corrected chi connectivity index (χ2v) is 7.21. The van der Waals surface area contributed by atoms with Gasteiger partial charge in [0.05, 0.1) is 13.1 Å². The van der Waals surface area contributed by atoms with Gasteiger partial charge in [0.25, 0.3) is 5.91 Å². The quantitative estimate of drug-likeness (QED) is 0.826. The summed E-state index contributed by atoms with van der Waals surface area (Å²) in [6.45, 7) is 10.8. The molecule has 0 aromatic carbocycles. The fourth-order valence-electron chi connectivity index (χ4n) is 3.02. The van der Waals surface area contributed by atoms with Gasteiger partial charge in [0.1, 0.15) is 17.8 Å². The van der Waals surface area contributed by atoms with Crippen molar-refractivity contribution in [2.45, 2.75) is 59.8 Å². The summed E-state index contributed by atoms with van der Waals surface area (Å²) in [4.78, 5) is 25.4. The number of carbonyl (C=O) groups excluding carboxylic acids is 1. The number of nitrogens with zero attached hydrogens (tertiary/aromatic N) is 7. The fourth-order valence-corrected chi connectivity index (χ4v) is 3.02. The van der Waals surface area contributed by atoms with Crippen LogP contribution in [-0.2, 0) is 19.6 Å². The second-order valence-electron chi connectivity index (χ2n) is 7.21.